The first-order chi connectivity index (χ1) is 9.13. The van der Waals surface area contributed by atoms with Crippen LogP contribution in [0.5, 0.6) is 0 Å². The molecule has 0 aromatic rings. The molecule has 1 nitrogen and oxygen atoms in total. The zero-order valence-electron chi connectivity index (χ0n) is 13.5. The maximum Gasteiger partial charge on any atom is -0.00203 e. The van der Waals surface area contributed by atoms with Crippen LogP contribution in [0.4, 0.5) is 0 Å². The second kappa shape index (κ2) is 7.67. The molecule has 0 saturated heterocycles. The van der Waals surface area contributed by atoms with Crippen LogP contribution in [0, 0.1) is 29.6 Å². The van der Waals surface area contributed by atoms with Crippen LogP contribution >= 0.6 is 0 Å². The molecule has 0 heterocycles. The maximum absolute atomic E-state index is 3.71. The number of rotatable bonds is 9. The Morgan fingerprint density at radius 3 is 2.32 bits per heavy atom. The molecule has 0 amide bonds. The topological polar surface area (TPSA) is 12.0 Å². The number of hydrogen-bond donors (Lipinski definition) is 1. The molecule has 1 heteroatoms. The fraction of sp³-hybridized carbons (Fsp3) is 1.00. The van der Waals surface area contributed by atoms with E-state index in [9.17, 15) is 0 Å². The summed E-state index contributed by atoms with van der Waals surface area (Å²) < 4.78 is 0. The SMILES string of the molecule is CC(C)CNCC(CCC1CCC1)CC1CC(C)C1. The van der Waals surface area contributed by atoms with E-state index in [2.05, 4.69) is 26.1 Å². The molecule has 0 aromatic heterocycles. The van der Waals surface area contributed by atoms with Gasteiger partial charge in [-0.1, -0.05) is 46.5 Å². The van der Waals surface area contributed by atoms with Gasteiger partial charge in [-0.3, -0.25) is 0 Å². The summed E-state index contributed by atoms with van der Waals surface area (Å²) in [4.78, 5) is 0. The quantitative estimate of drug-likeness (QED) is 0.627. The Balaban J connectivity index is 1.64. The monoisotopic (exact) mass is 265 g/mol. The molecular formula is C18H35N. The van der Waals surface area contributed by atoms with Gasteiger partial charge in [-0.25, -0.2) is 0 Å². The van der Waals surface area contributed by atoms with Crippen molar-refractivity contribution in [2.24, 2.45) is 29.6 Å². The molecule has 2 aliphatic carbocycles. The Morgan fingerprint density at radius 1 is 1.05 bits per heavy atom. The molecule has 0 spiro atoms. The van der Waals surface area contributed by atoms with E-state index in [0.717, 1.165) is 29.6 Å². The largest absolute Gasteiger partial charge is 0.316 e. The van der Waals surface area contributed by atoms with Gasteiger partial charge in [0.15, 0.2) is 0 Å². The highest BCUT2D eigenvalue weighted by atomic mass is 14.9. The number of hydrogen-bond acceptors (Lipinski definition) is 1. The van der Waals surface area contributed by atoms with Gasteiger partial charge >= 0.3 is 0 Å². The molecule has 2 aliphatic rings. The zero-order chi connectivity index (χ0) is 13.7. The molecule has 112 valence electrons. The second-order valence-corrected chi connectivity index (χ2v) is 7.97. The fourth-order valence-corrected chi connectivity index (χ4v) is 3.87. The van der Waals surface area contributed by atoms with E-state index in [0.29, 0.717) is 0 Å². The van der Waals surface area contributed by atoms with Crippen LogP contribution in [0.25, 0.3) is 0 Å². The predicted molar refractivity (Wildman–Crippen MR) is 84.3 cm³/mol. The van der Waals surface area contributed by atoms with Crippen LogP contribution in [-0.4, -0.2) is 13.1 Å². The highest BCUT2D eigenvalue weighted by Gasteiger charge is 2.28. The van der Waals surface area contributed by atoms with Crippen molar-refractivity contribution in [2.75, 3.05) is 13.1 Å². The molecule has 0 radical (unpaired) electrons. The molecule has 0 aliphatic heterocycles. The van der Waals surface area contributed by atoms with Crippen molar-refractivity contribution in [1.82, 2.24) is 5.32 Å². The molecule has 2 rings (SSSR count). The van der Waals surface area contributed by atoms with Gasteiger partial charge in [0.2, 0.25) is 0 Å². The van der Waals surface area contributed by atoms with Crippen molar-refractivity contribution in [3.63, 3.8) is 0 Å². The molecular weight excluding hydrogens is 230 g/mol. The maximum atomic E-state index is 3.71. The first-order valence-electron chi connectivity index (χ1n) is 8.84. The summed E-state index contributed by atoms with van der Waals surface area (Å²) in [6.45, 7) is 9.50. The van der Waals surface area contributed by atoms with Crippen molar-refractivity contribution in [3.05, 3.63) is 0 Å². The summed E-state index contributed by atoms with van der Waals surface area (Å²) >= 11 is 0. The van der Waals surface area contributed by atoms with Crippen LogP contribution in [0.2, 0.25) is 0 Å². The van der Waals surface area contributed by atoms with Gasteiger partial charge in [-0.05, 0) is 68.4 Å². The second-order valence-electron chi connectivity index (χ2n) is 7.97. The Bertz CT molecular complexity index is 238. The summed E-state index contributed by atoms with van der Waals surface area (Å²) in [6, 6.07) is 0. The molecule has 1 N–H and O–H groups in total. The average molecular weight is 265 g/mol. The Kier molecular flexibility index (Phi) is 6.19. The smallest absolute Gasteiger partial charge is 0.00203 e. The molecule has 0 bridgehead atoms. The third-order valence-corrected chi connectivity index (χ3v) is 5.33. The molecule has 2 saturated carbocycles. The standard InChI is InChI=1S/C18H35N/c1-14(2)12-19-13-17(8-7-16-5-4-6-16)11-18-9-15(3)10-18/h14-19H,4-13H2,1-3H3. The van der Waals surface area contributed by atoms with Gasteiger partial charge in [0.25, 0.3) is 0 Å². The van der Waals surface area contributed by atoms with Crippen LogP contribution in [0.1, 0.15) is 72.1 Å². The summed E-state index contributed by atoms with van der Waals surface area (Å²) in [5, 5.41) is 3.71. The van der Waals surface area contributed by atoms with E-state index in [1.165, 1.54) is 64.5 Å². The van der Waals surface area contributed by atoms with Crippen LogP contribution in [0.3, 0.4) is 0 Å². The Hall–Kier alpha value is -0.0400. The lowest BCUT2D eigenvalue weighted by Crippen LogP contribution is -2.31. The number of nitrogens with one attached hydrogen (secondary N) is 1. The molecule has 19 heavy (non-hydrogen) atoms. The molecule has 2 fully saturated rings. The van der Waals surface area contributed by atoms with E-state index < -0.39 is 0 Å². The third kappa shape index (κ3) is 5.45. The lowest BCUT2D eigenvalue weighted by molar-refractivity contribution is 0.160. The fourth-order valence-electron chi connectivity index (χ4n) is 3.87. The van der Waals surface area contributed by atoms with Gasteiger partial charge in [-0.2, -0.15) is 0 Å². The van der Waals surface area contributed by atoms with Crippen molar-refractivity contribution < 1.29 is 0 Å². The summed E-state index contributed by atoms with van der Waals surface area (Å²) in [5.41, 5.74) is 0. The normalized spacial score (nSPS) is 29.1. The molecule has 1 unspecified atom stereocenters. The summed E-state index contributed by atoms with van der Waals surface area (Å²) in [6.07, 6.45) is 12.0. The van der Waals surface area contributed by atoms with Gasteiger partial charge in [0.1, 0.15) is 0 Å². The van der Waals surface area contributed by atoms with Gasteiger partial charge in [0.05, 0.1) is 0 Å². The van der Waals surface area contributed by atoms with Gasteiger partial charge < -0.3 is 5.32 Å². The predicted octanol–water partition coefficient (Wildman–Crippen LogP) is 4.86. The van der Waals surface area contributed by atoms with Crippen molar-refractivity contribution in [3.8, 4) is 0 Å². The lowest BCUT2D eigenvalue weighted by atomic mass is 9.70. The third-order valence-electron chi connectivity index (χ3n) is 5.33. The van der Waals surface area contributed by atoms with Crippen molar-refractivity contribution >= 4 is 0 Å². The van der Waals surface area contributed by atoms with E-state index in [1.54, 1.807) is 0 Å². The van der Waals surface area contributed by atoms with E-state index in [-0.39, 0.29) is 0 Å². The highest BCUT2D eigenvalue weighted by molar-refractivity contribution is 4.80. The summed E-state index contributed by atoms with van der Waals surface area (Å²) in [7, 11) is 0. The van der Waals surface area contributed by atoms with E-state index in [1.807, 2.05) is 0 Å². The summed E-state index contributed by atoms with van der Waals surface area (Å²) in [5.74, 6) is 4.91. The minimum Gasteiger partial charge on any atom is -0.316 e. The van der Waals surface area contributed by atoms with Crippen LogP contribution in [-0.2, 0) is 0 Å². The minimum atomic E-state index is 0.788. The molecule has 0 aromatic carbocycles. The van der Waals surface area contributed by atoms with Gasteiger partial charge in [-0.15, -0.1) is 0 Å². The van der Waals surface area contributed by atoms with E-state index in [4.69, 9.17) is 0 Å². The minimum absolute atomic E-state index is 0.788. The van der Waals surface area contributed by atoms with E-state index >= 15 is 0 Å². The Morgan fingerprint density at radius 2 is 1.79 bits per heavy atom. The van der Waals surface area contributed by atoms with Gasteiger partial charge in [0, 0.05) is 0 Å². The van der Waals surface area contributed by atoms with Crippen molar-refractivity contribution in [2.45, 2.75) is 72.1 Å². The first-order valence-corrected chi connectivity index (χ1v) is 8.84. The van der Waals surface area contributed by atoms with Crippen LogP contribution < -0.4 is 5.32 Å². The van der Waals surface area contributed by atoms with Crippen LogP contribution in [0.15, 0.2) is 0 Å². The lowest BCUT2D eigenvalue weighted by Gasteiger charge is -2.36. The highest BCUT2D eigenvalue weighted by Crippen LogP contribution is 2.39. The Labute approximate surface area is 120 Å². The zero-order valence-corrected chi connectivity index (χ0v) is 13.5. The molecule has 1 atom stereocenters. The van der Waals surface area contributed by atoms with Crippen molar-refractivity contribution in [1.29, 1.82) is 0 Å². The average Bonchev–Trinajstić information content (AvgIpc) is 2.23. The first kappa shape index (κ1) is 15.4.